The van der Waals surface area contributed by atoms with Gasteiger partial charge in [-0.05, 0) is 58.2 Å². The van der Waals surface area contributed by atoms with Crippen molar-refractivity contribution in [3.8, 4) is 17.6 Å². The summed E-state index contributed by atoms with van der Waals surface area (Å²) in [6.07, 6.45) is 0.974. The third-order valence-corrected chi connectivity index (χ3v) is 2.88. The maximum absolute atomic E-state index is 9.66. The predicted molar refractivity (Wildman–Crippen MR) is 78.8 cm³/mol. The fourth-order valence-electron chi connectivity index (χ4n) is 1.86. The molecule has 0 heterocycles. The second-order valence-corrected chi connectivity index (χ2v) is 4.83. The molecule has 1 rings (SSSR count). The number of aromatic hydroxyl groups is 1. The Morgan fingerprint density at radius 2 is 2.20 bits per heavy atom. The molecule has 0 saturated heterocycles. The number of hydrogen-bond acceptors (Lipinski definition) is 5. The molecule has 0 aliphatic rings. The molecule has 1 unspecified atom stereocenters. The molecule has 0 amide bonds. The van der Waals surface area contributed by atoms with E-state index in [4.69, 9.17) is 4.74 Å². The van der Waals surface area contributed by atoms with Gasteiger partial charge in [0.25, 0.3) is 0 Å². The molecule has 0 aliphatic carbocycles. The van der Waals surface area contributed by atoms with E-state index in [1.807, 2.05) is 21.0 Å². The highest BCUT2D eigenvalue weighted by atomic mass is 16.5. The van der Waals surface area contributed by atoms with Crippen LogP contribution >= 0.6 is 0 Å². The highest BCUT2D eigenvalue weighted by Gasteiger charge is 2.12. The Morgan fingerprint density at radius 3 is 2.80 bits per heavy atom. The minimum absolute atomic E-state index is 0.0971. The first kappa shape index (κ1) is 16.3. The van der Waals surface area contributed by atoms with Crippen molar-refractivity contribution < 1.29 is 9.84 Å². The zero-order valence-corrected chi connectivity index (χ0v) is 12.4. The molecule has 0 bridgehead atoms. The van der Waals surface area contributed by atoms with Crippen molar-refractivity contribution in [2.45, 2.75) is 19.4 Å². The second kappa shape index (κ2) is 8.41. The lowest BCUT2D eigenvalue weighted by atomic mass is 10.1. The summed E-state index contributed by atoms with van der Waals surface area (Å²) in [5.41, 5.74) is 0.804. The van der Waals surface area contributed by atoms with Crippen LogP contribution in [-0.4, -0.2) is 43.8 Å². The quantitative estimate of drug-likeness (QED) is 0.710. The van der Waals surface area contributed by atoms with Gasteiger partial charge in [-0.15, -0.1) is 0 Å². The summed E-state index contributed by atoms with van der Waals surface area (Å²) in [7, 11) is 4.05. The van der Waals surface area contributed by atoms with Gasteiger partial charge in [0, 0.05) is 0 Å². The Labute approximate surface area is 120 Å². The third-order valence-electron chi connectivity index (χ3n) is 2.88. The summed E-state index contributed by atoms with van der Waals surface area (Å²) >= 11 is 0. The van der Waals surface area contributed by atoms with E-state index in [1.165, 1.54) is 0 Å². The van der Waals surface area contributed by atoms with E-state index in [2.05, 4.69) is 16.3 Å². The number of benzene rings is 1. The number of nitrogens with one attached hydrogen (secondary N) is 1. The number of hydrogen-bond donors (Lipinski definition) is 2. The number of ether oxygens (including phenoxy) is 1. The van der Waals surface area contributed by atoms with E-state index >= 15 is 0 Å². The first-order valence-corrected chi connectivity index (χ1v) is 6.82. The Balaban J connectivity index is 2.65. The van der Waals surface area contributed by atoms with E-state index in [0.717, 1.165) is 25.1 Å². The highest BCUT2D eigenvalue weighted by Crippen LogP contribution is 2.29. The fourth-order valence-corrected chi connectivity index (χ4v) is 1.86. The third kappa shape index (κ3) is 5.08. The Hall–Kier alpha value is -1.77. The minimum atomic E-state index is -0.392. The summed E-state index contributed by atoms with van der Waals surface area (Å²) in [6.45, 7) is 4.07. The molecule has 5 heteroatoms. The van der Waals surface area contributed by atoms with Crippen LogP contribution in [0.4, 0.5) is 0 Å². The molecular weight excluding hydrogens is 254 g/mol. The molecule has 1 aromatic carbocycles. The van der Waals surface area contributed by atoms with Gasteiger partial charge >= 0.3 is 0 Å². The molecule has 0 aliphatic heterocycles. The van der Waals surface area contributed by atoms with Gasteiger partial charge in [0.1, 0.15) is 6.04 Å². The van der Waals surface area contributed by atoms with Gasteiger partial charge < -0.3 is 14.7 Å². The lowest BCUT2D eigenvalue weighted by molar-refractivity contribution is 0.317. The van der Waals surface area contributed by atoms with E-state index < -0.39 is 6.04 Å². The summed E-state index contributed by atoms with van der Waals surface area (Å²) < 4.78 is 5.34. The van der Waals surface area contributed by atoms with Crippen LogP contribution in [0.3, 0.4) is 0 Å². The van der Waals surface area contributed by atoms with Gasteiger partial charge in [0.15, 0.2) is 11.5 Å². The number of phenolic OH excluding ortho intramolecular Hbond substituents is 1. The molecular formula is C15H23N3O2. The summed E-state index contributed by atoms with van der Waals surface area (Å²) in [5, 5.41) is 22.1. The largest absolute Gasteiger partial charge is 0.504 e. The van der Waals surface area contributed by atoms with Crippen molar-refractivity contribution in [1.29, 1.82) is 5.26 Å². The predicted octanol–water partition coefficient (Wildman–Crippen LogP) is 1.90. The summed E-state index contributed by atoms with van der Waals surface area (Å²) in [4.78, 5) is 2.11. The molecule has 110 valence electrons. The molecule has 20 heavy (non-hydrogen) atoms. The second-order valence-electron chi connectivity index (χ2n) is 4.83. The van der Waals surface area contributed by atoms with E-state index in [-0.39, 0.29) is 5.75 Å². The van der Waals surface area contributed by atoms with Crippen molar-refractivity contribution in [3.63, 3.8) is 0 Å². The standard InChI is InChI=1S/C15H23N3O2/c1-4-20-15-10-12(6-7-14(15)19)13(11-16)17-8-5-9-18(2)3/h6-7,10,13,17,19H,4-5,8-9H2,1-3H3. The Morgan fingerprint density at radius 1 is 1.45 bits per heavy atom. The highest BCUT2D eigenvalue weighted by molar-refractivity contribution is 5.43. The van der Waals surface area contributed by atoms with Crippen LogP contribution in [0.25, 0.3) is 0 Å². The van der Waals surface area contributed by atoms with Crippen molar-refractivity contribution >= 4 is 0 Å². The molecule has 0 aromatic heterocycles. The fraction of sp³-hybridized carbons (Fsp3) is 0.533. The van der Waals surface area contributed by atoms with Gasteiger partial charge in [-0.3, -0.25) is 5.32 Å². The van der Waals surface area contributed by atoms with Gasteiger partial charge in [-0.25, -0.2) is 0 Å². The molecule has 0 spiro atoms. The van der Waals surface area contributed by atoms with Crippen LogP contribution in [0, 0.1) is 11.3 Å². The lowest BCUT2D eigenvalue weighted by Gasteiger charge is -2.15. The summed E-state index contributed by atoms with van der Waals surface area (Å²) in [6, 6.07) is 6.86. The molecule has 0 saturated carbocycles. The van der Waals surface area contributed by atoms with E-state index in [9.17, 15) is 10.4 Å². The molecule has 1 aromatic rings. The maximum Gasteiger partial charge on any atom is 0.161 e. The van der Waals surface area contributed by atoms with Crippen molar-refractivity contribution in [2.75, 3.05) is 33.8 Å². The van der Waals surface area contributed by atoms with Crippen LogP contribution in [0.1, 0.15) is 24.9 Å². The minimum Gasteiger partial charge on any atom is -0.504 e. The van der Waals surface area contributed by atoms with Gasteiger partial charge in [0.2, 0.25) is 0 Å². The van der Waals surface area contributed by atoms with Crippen molar-refractivity contribution in [1.82, 2.24) is 10.2 Å². The van der Waals surface area contributed by atoms with Crippen molar-refractivity contribution in [2.24, 2.45) is 0 Å². The van der Waals surface area contributed by atoms with Crippen LogP contribution < -0.4 is 10.1 Å². The topological polar surface area (TPSA) is 68.5 Å². The normalized spacial score (nSPS) is 12.2. The van der Waals surface area contributed by atoms with E-state index in [1.54, 1.807) is 18.2 Å². The SMILES string of the molecule is CCOc1cc(C(C#N)NCCCN(C)C)ccc1O. The molecule has 1 atom stereocenters. The average Bonchev–Trinajstić information content (AvgIpc) is 2.42. The zero-order chi connectivity index (χ0) is 15.0. The van der Waals surface area contributed by atoms with Crippen LogP contribution in [-0.2, 0) is 0 Å². The van der Waals surface area contributed by atoms with Gasteiger partial charge in [-0.1, -0.05) is 6.07 Å². The number of nitrogens with zero attached hydrogens (tertiary/aromatic N) is 2. The van der Waals surface area contributed by atoms with E-state index in [0.29, 0.717) is 12.4 Å². The molecule has 0 radical (unpaired) electrons. The van der Waals surface area contributed by atoms with Crippen LogP contribution in [0.2, 0.25) is 0 Å². The maximum atomic E-state index is 9.66. The summed E-state index contributed by atoms with van der Waals surface area (Å²) in [5.74, 6) is 0.514. The Bertz CT molecular complexity index is 455. The Kier molecular flexibility index (Phi) is 6.85. The molecule has 5 nitrogen and oxygen atoms in total. The number of nitriles is 1. The number of rotatable bonds is 8. The van der Waals surface area contributed by atoms with Crippen LogP contribution in [0.5, 0.6) is 11.5 Å². The average molecular weight is 277 g/mol. The molecule has 0 fully saturated rings. The van der Waals surface area contributed by atoms with Crippen LogP contribution in [0.15, 0.2) is 18.2 Å². The first-order chi connectivity index (χ1) is 9.58. The van der Waals surface area contributed by atoms with Gasteiger partial charge in [0.05, 0.1) is 12.7 Å². The number of phenols is 1. The first-order valence-electron chi connectivity index (χ1n) is 6.82. The van der Waals surface area contributed by atoms with Crippen molar-refractivity contribution in [3.05, 3.63) is 23.8 Å². The molecule has 2 N–H and O–H groups in total. The monoisotopic (exact) mass is 277 g/mol. The smallest absolute Gasteiger partial charge is 0.161 e. The zero-order valence-electron chi connectivity index (χ0n) is 12.4. The van der Waals surface area contributed by atoms with Gasteiger partial charge in [-0.2, -0.15) is 5.26 Å². The lowest BCUT2D eigenvalue weighted by Crippen LogP contribution is -2.24.